The molecule has 9 heteroatoms. The zero-order chi connectivity index (χ0) is 18.5. The summed E-state index contributed by atoms with van der Waals surface area (Å²) >= 11 is 0. The van der Waals surface area contributed by atoms with Gasteiger partial charge in [0, 0.05) is 0 Å². The van der Waals surface area contributed by atoms with E-state index in [4.69, 9.17) is 19.4 Å². The maximum absolute atomic E-state index is 12.6. The number of hydrogen-bond acceptors (Lipinski definition) is 9. The highest BCUT2D eigenvalue weighted by Gasteiger charge is 2.32. The van der Waals surface area contributed by atoms with Crippen LogP contribution in [0.4, 0.5) is 0 Å². The van der Waals surface area contributed by atoms with Gasteiger partial charge in [-0.1, -0.05) is 13.0 Å². The number of carbonyl (C=O) groups excluding carboxylic acids is 1. The number of hydrogen-bond donors (Lipinski definition) is 1. The molecule has 0 bridgehead atoms. The van der Waals surface area contributed by atoms with Gasteiger partial charge < -0.3 is 14.8 Å². The Labute approximate surface area is 149 Å². The maximum Gasteiger partial charge on any atom is 0.338 e. The molecule has 1 aliphatic rings. The lowest BCUT2D eigenvalue weighted by molar-refractivity contribution is -0.139. The zero-order valence-corrected chi connectivity index (χ0v) is 14.4. The van der Waals surface area contributed by atoms with Crippen LogP contribution in [0.5, 0.6) is 0 Å². The summed E-state index contributed by atoms with van der Waals surface area (Å²) in [6, 6.07) is 7.06. The molecule has 0 radical (unpaired) electrons. The predicted molar refractivity (Wildman–Crippen MR) is 90.6 cm³/mol. The number of nitriles is 1. The summed E-state index contributed by atoms with van der Waals surface area (Å²) in [5, 5.41) is 19.3. The Balaban J connectivity index is 2.02. The Kier molecular flexibility index (Phi) is 5.12. The van der Waals surface area contributed by atoms with Gasteiger partial charge in [-0.25, -0.2) is 14.4 Å². The summed E-state index contributed by atoms with van der Waals surface area (Å²) in [5.74, 6) is -0.521. The van der Waals surface area contributed by atoms with Crippen molar-refractivity contribution in [1.29, 1.82) is 5.26 Å². The first-order chi connectivity index (χ1) is 12.7. The van der Waals surface area contributed by atoms with Gasteiger partial charge in [0.15, 0.2) is 0 Å². The highest BCUT2D eigenvalue weighted by molar-refractivity contribution is 5.94. The van der Waals surface area contributed by atoms with Gasteiger partial charge in [0.1, 0.15) is 17.6 Å². The molecule has 0 saturated heterocycles. The number of ether oxygens (including phenoxy) is 2. The molecule has 134 valence electrons. The number of esters is 1. The van der Waals surface area contributed by atoms with Crippen LogP contribution in [-0.2, 0) is 14.3 Å². The number of amidine groups is 1. The van der Waals surface area contributed by atoms with E-state index in [1.54, 1.807) is 12.1 Å². The van der Waals surface area contributed by atoms with Crippen molar-refractivity contribution in [2.24, 2.45) is 4.99 Å². The minimum atomic E-state index is -0.534. The van der Waals surface area contributed by atoms with E-state index in [1.165, 1.54) is 7.11 Å². The number of carbonyl (C=O) groups is 1. The molecule has 3 rings (SSSR count). The number of methoxy groups -OCH3 is 1. The van der Waals surface area contributed by atoms with Crippen LogP contribution in [0.25, 0.3) is 11.0 Å². The van der Waals surface area contributed by atoms with E-state index >= 15 is 0 Å². The number of nitrogens with zero attached hydrogens (tertiary/aromatic N) is 4. The van der Waals surface area contributed by atoms with Crippen molar-refractivity contribution in [2.45, 2.75) is 25.8 Å². The smallest absolute Gasteiger partial charge is 0.338 e. The van der Waals surface area contributed by atoms with Crippen molar-refractivity contribution >= 4 is 23.0 Å². The molecular weight excluding hydrogens is 338 g/mol. The van der Waals surface area contributed by atoms with Gasteiger partial charge in [0.25, 0.3) is 6.02 Å². The maximum atomic E-state index is 12.6. The molecule has 0 amide bonds. The lowest BCUT2D eigenvalue weighted by atomic mass is 9.94. The molecule has 0 saturated carbocycles. The first-order valence-corrected chi connectivity index (χ1v) is 8.06. The normalized spacial score (nSPS) is 16.7. The van der Waals surface area contributed by atoms with Gasteiger partial charge in [-0.05, 0) is 34.4 Å². The predicted octanol–water partition coefficient (Wildman–Crippen LogP) is 1.99. The summed E-state index contributed by atoms with van der Waals surface area (Å²) in [5.41, 5.74) is 2.88. The van der Waals surface area contributed by atoms with Gasteiger partial charge in [-0.15, -0.1) is 0 Å². The van der Waals surface area contributed by atoms with Gasteiger partial charge in [0.2, 0.25) is 0 Å². The molecule has 1 aliphatic heterocycles. The van der Waals surface area contributed by atoms with E-state index < -0.39 is 12.0 Å². The van der Waals surface area contributed by atoms with Crippen molar-refractivity contribution in [1.82, 2.24) is 15.6 Å². The lowest BCUT2D eigenvalue weighted by Gasteiger charge is -2.27. The quantitative estimate of drug-likeness (QED) is 0.638. The SMILES string of the molecule is CCC1=C(C(=O)OCCC#N)C(c2ccc3nonc3c2)NC(OC)=N1. The summed E-state index contributed by atoms with van der Waals surface area (Å²) in [4.78, 5) is 17.0. The number of fused-ring (bicyclic) bond motifs is 1. The molecule has 1 atom stereocenters. The first kappa shape index (κ1) is 17.4. The Hall–Kier alpha value is -3.41. The molecule has 0 spiro atoms. The standard InChI is InChI=1S/C17H17N5O4/c1-3-11-14(16(23)25-8-4-7-18)15(20-17(19-11)24-2)10-5-6-12-13(9-10)22-26-21-12/h5-6,9,15H,3-4,8H2,1-2H3,(H,19,20). The van der Waals surface area contributed by atoms with Crippen LogP contribution >= 0.6 is 0 Å². The van der Waals surface area contributed by atoms with Crippen molar-refractivity contribution in [3.63, 3.8) is 0 Å². The van der Waals surface area contributed by atoms with E-state index in [1.807, 2.05) is 19.1 Å². The molecule has 0 fully saturated rings. The van der Waals surface area contributed by atoms with E-state index in [0.29, 0.717) is 34.7 Å². The second-order valence-corrected chi connectivity index (χ2v) is 5.47. The Morgan fingerprint density at radius 3 is 2.92 bits per heavy atom. The molecule has 2 heterocycles. The monoisotopic (exact) mass is 355 g/mol. The number of benzene rings is 1. The van der Waals surface area contributed by atoms with Crippen molar-refractivity contribution in [3.05, 3.63) is 35.0 Å². The summed E-state index contributed by atoms with van der Waals surface area (Å²) < 4.78 is 15.2. The second-order valence-electron chi connectivity index (χ2n) is 5.47. The minimum Gasteiger partial charge on any atom is -0.468 e. The van der Waals surface area contributed by atoms with Crippen LogP contribution in [0.2, 0.25) is 0 Å². The third-order valence-electron chi connectivity index (χ3n) is 3.91. The minimum absolute atomic E-state index is 0.0235. The highest BCUT2D eigenvalue weighted by atomic mass is 16.6. The molecule has 1 aromatic carbocycles. The van der Waals surface area contributed by atoms with E-state index in [9.17, 15) is 4.79 Å². The van der Waals surface area contributed by atoms with Crippen LogP contribution in [0.3, 0.4) is 0 Å². The molecule has 2 aromatic rings. The van der Waals surface area contributed by atoms with Gasteiger partial charge in [-0.2, -0.15) is 5.26 Å². The van der Waals surface area contributed by atoms with Gasteiger partial charge in [0.05, 0.1) is 36.9 Å². The average Bonchev–Trinajstić information content (AvgIpc) is 3.14. The Bertz CT molecular complexity index is 925. The molecule has 1 aromatic heterocycles. The van der Waals surface area contributed by atoms with Crippen molar-refractivity contribution in [3.8, 4) is 6.07 Å². The van der Waals surface area contributed by atoms with Crippen molar-refractivity contribution in [2.75, 3.05) is 13.7 Å². The summed E-state index contributed by atoms with van der Waals surface area (Å²) in [7, 11) is 1.50. The number of nitrogens with one attached hydrogen (secondary N) is 1. The lowest BCUT2D eigenvalue weighted by Crippen LogP contribution is -2.37. The number of aromatic nitrogens is 2. The number of allylic oxidation sites excluding steroid dienone is 1. The third kappa shape index (κ3) is 3.35. The van der Waals surface area contributed by atoms with Crippen molar-refractivity contribution < 1.29 is 18.9 Å². The van der Waals surface area contributed by atoms with Gasteiger partial charge in [-0.3, -0.25) is 0 Å². The second kappa shape index (κ2) is 7.65. The third-order valence-corrected chi connectivity index (χ3v) is 3.91. The topological polar surface area (TPSA) is 123 Å². The fourth-order valence-electron chi connectivity index (χ4n) is 2.68. The van der Waals surface area contributed by atoms with Crippen LogP contribution in [0.1, 0.15) is 31.4 Å². The molecule has 26 heavy (non-hydrogen) atoms. The Morgan fingerprint density at radius 2 is 2.19 bits per heavy atom. The molecule has 0 aliphatic carbocycles. The molecule has 9 nitrogen and oxygen atoms in total. The number of aliphatic imine (C=N–C) groups is 1. The van der Waals surface area contributed by atoms with Crippen LogP contribution < -0.4 is 5.32 Å². The van der Waals surface area contributed by atoms with Crippen LogP contribution in [0, 0.1) is 11.3 Å². The zero-order valence-electron chi connectivity index (χ0n) is 14.4. The highest BCUT2D eigenvalue weighted by Crippen LogP contribution is 2.32. The fraction of sp³-hybridized carbons (Fsp3) is 0.353. The van der Waals surface area contributed by atoms with Crippen LogP contribution in [0.15, 0.2) is 39.1 Å². The first-order valence-electron chi connectivity index (χ1n) is 8.06. The number of rotatable bonds is 5. The molecular formula is C17H17N5O4. The van der Waals surface area contributed by atoms with E-state index in [-0.39, 0.29) is 13.0 Å². The Morgan fingerprint density at radius 1 is 1.38 bits per heavy atom. The van der Waals surface area contributed by atoms with Gasteiger partial charge >= 0.3 is 5.97 Å². The largest absolute Gasteiger partial charge is 0.468 e. The van der Waals surface area contributed by atoms with Crippen LogP contribution in [-0.4, -0.2) is 36.0 Å². The summed E-state index contributed by atoms with van der Waals surface area (Å²) in [6.07, 6.45) is 0.642. The summed E-state index contributed by atoms with van der Waals surface area (Å²) in [6.45, 7) is 1.91. The van der Waals surface area contributed by atoms with E-state index in [2.05, 4.69) is 20.6 Å². The molecule has 1 N–H and O–H groups in total. The van der Waals surface area contributed by atoms with E-state index in [0.717, 1.165) is 5.56 Å². The molecule has 1 unspecified atom stereocenters. The fourth-order valence-corrected chi connectivity index (χ4v) is 2.68. The average molecular weight is 355 g/mol.